The zero-order valence-corrected chi connectivity index (χ0v) is 12.7. The van der Waals surface area contributed by atoms with E-state index in [0.717, 1.165) is 24.5 Å². The van der Waals surface area contributed by atoms with E-state index in [1.165, 1.54) is 11.1 Å². The van der Waals surface area contributed by atoms with E-state index in [2.05, 4.69) is 59.7 Å². The lowest BCUT2D eigenvalue weighted by molar-refractivity contribution is 0.813. The van der Waals surface area contributed by atoms with E-state index >= 15 is 0 Å². The topological polar surface area (TPSA) is 24.4 Å². The van der Waals surface area contributed by atoms with Gasteiger partial charge in [0.05, 0.1) is 6.54 Å². The standard InChI is InChI=1S/C19H22N2/c1-16(20-14-18-9-5-3-6-10-18)13-17(2)21-15-19-11-7-4-8-12-19/h3-13,20H,14-15H2,1-2H3/b16-13-,21-17?. The van der Waals surface area contributed by atoms with E-state index < -0.39 is 0 Å². The number of nitrogens with zero attached hydrogens (tertiary/aromatic N) is 1. The van der Waals surface area contributed by atoms with Crippen molar-refractivity contribution in [3.63, 3.8) is 0 Å². The average molecular weight is 278 g/mol. The molecule has 0 unspecified atom stereocenters. The molecular weight excluding hydrogens is 256 g/mol. The minimum Gasteiger partial charge on any atom is -0.384 e. The first-order valence-electron chi connectivity index (χ1n) is 7.25. The summed E-state index contributed by atoms with van der Waals surface area (Å²) in [6.45, 7) is 5.69. The molecule has 1 N–H and O–H groups in total. The van der Waals surface area contributed by atoms with Crippen molar-refractivity contribution in [2.75, 3.05) is 0 Å². The molecule has 0 amide bonds. The monoisotopic (exact) mass is 278 g/mol. The van der Waals surface area contributed by atoms with Gasteiger partial charge < -0.3 is 5.32 Å². The lowest BCUT2D eigenvalue weighted by Gasteiger charge is -2.06. The summed E-state index contributed by atoms with van der Waals surface area (Å²) in [4.78, 5) is 4.59. The van der Waals surface area contributed by atoms with Crippen molar-refractivity contribution >= 4 is 5.71 Å². The minimum atomic E-state index is 0.731. The van der Waals surface area contributed by atoms with Crippen molar-refractivity contribution in [1.29, 1.82) is 0 Å². The second-order valence-electron chi connectivity index (χ2n) is 5.11. The van der Waals surface area contributed by atoms with Gasteiger partial charge in [-0.2, -0.15) is 0 Å². The van der Waals surface area contributed by atoms with Crippen molar-refractivity contribution in [3.8, 4) is 0 Å². The third-order valence-corrected chi connectivity index (χ3v) is 3.19. The minimum absolute atomic E-state index is 0.731. The Kier molecular flexibility index (Phi) is 5.77. The van der Waals surface area contributed by atoms with Crippen molar-refractivity contribution in [1.82, 2.24) is 5.32 Å². The molecule has 0 fully saturated rings. The maximum absolute atomic E-state index is 4.59. The first-order valence-corrected chi connectivity index (χ1v) is 7.25. The molecule has 2 aromatic rings. The first-order chi connectivity index (χ1) is 10.2. The number of hydrogen-bond donors (Lipinski definition) is 1. The Hall–Kier alpha value is -2.35. The van der Waals surface area contributed by atoms with E-state index in [4.69, 9.17) is 0 Å². The molecule has 0 aliphatic carbocycles. The second-order valence-corrected chi connectivity index (χ2v) is 5.11. The zero-order valence-electron chi connectivity index (χ0n) is 12.7. The predicted octanol–water partition coefficient (Wildman–Crippen LogP) is 4.34. The van der Waals surface area contributed by atoms with Gasteiger partial charge in [-0.15, -0.1) is 0 Å². The molecule has 0 saturated carbocycles. The van der Waals surface area contributed by atoms with Gasteiger partial charge in [-0.25, -0.2) is 0 Å². The Morgan fingerprint density at radius 2 is 1.48 bits per heavy atom. The van der Waals surface area contributed by atoms with Gasteiger partial charge in [-0.05, 0) is 31.1 Å². The Bertz CT molecular complexity index is 598. The average Bonchev–Trinajstić information content (AvgIpc) is 2.53. The van der Waals surface area contributed by atoms with Crippen LogP contribution >= 0.6 is 0 Å². The van der Waals surface area contributed by atoms with Gasteiger partial charge in [0.2, 0.25) is 0 Å². The SMILES string of the molecule is CC(/C=C(/C)NCc1ccccc1)=NCc1ccccc1. The molecule has 0 radical (unpaired) electrons. The molecule has 0 aromatic heterocycles. The normalized spacial score (nSPS) is 12.3. The van der Waals surface area contributed by atoms with Crippen LogP contribution in [0.25, 0.3) is 0 Å². The van der Waals surface area contributed by atoms with Crippen LogP contribution in [-0.4, -0.2) is 5.71 Å². The number of nitrogens with one attached hydrogen (secondary N) is 1. The van der Waals surface area contributed by atoms with Gasteiger partial charge in [-0.1, -0.05) is 60.7 Å². The summed E-state index contributed by atoms with van der Waals surface area (Å²) in [6.07, 6.45) is 2.09. The molecule has 0 aliphatic heterocycles. The highest BCUT2D eigenvalue weighted by molar-refractivity contribution is 5.93. The van der Waals surface area contributed by atoms with E-state index in [1.54, 1.807) is 0 Å². The van der Waals surface area contributed by atoms with Crippen LogP contribution in [0.1, 0.15) is 25.0 Å². The molecule has 0 aliphatic rings. The van der Waals surface area contributed by atoms with Gasteiger partial charge in [0.25, 0.3) is 0 Å². The summed E-state index contributed by atoms with van der Waals surface area (Å²) in [5.41, 5.74) is 4.69. The molecule has 21 heavy (non-hydrogen) atoms. The molecule has 2 nitrogen and oxygen atoms in total. The van der Waals surface area contributed by atoms with Gasteiger partial charge in [0.1, 0.15) is 0 Å². The van der Waals surface area contributed by atoms with Gasteiger partial charge in [0, 0.05) is 18.0 Å². The Labute approximate surface area is 127 Å². The van der Waals surface area contributed by atoms with Crippen molar-refractivity contribution in [2.24, 2.45) is 4.99 Å². The highest BCUT2D eigenvalue weighted by Gasteiger charge is 1.94. The van der Waals surface area contributed by atoms with Gasteiger partial charge >= 0.3 is 0 Å². The summed E-state index contributed by atoms with van der Waals surface area (Å²) >= 11 is 0. The van der Waals surface area contributed by atoms with Crippen LogP contribution in [0, 0.1) is 0 Å². The van der Waals surface area contributed by atoms with E-state index in [1.807, 2.05) is 31.2 Å². The number of benzene rings is 2. The van der Waals surface area contributed by atoms with Crippen molar-refractivity contribution in [3.05, 3.63) is 83.6 Å². The molecule has 2 aromatic carbocycles. The maximum Gasteiger partial charge on any atom is 0.0642 e. The molecule has 2 rings (SSSR count). The molecular formula is C19H22N2. The fourth-order valence-electron chi connectivity index (χ4n) is 2.05. The van der Waals surface area contributed by atoms with Gasteiger partial charge in [-0.3, -0.25) is 4.99 Å². The number of allylic oxidation sites excluding steroid dienone is 2. The third kappa shape index (κ3) is 5.65. The number of aliphatic imine (C=N–C) groups is 1. The van der Waals surface area contributed by atoms with E-state index in [9.17, 15) is 0 Å². The number of hydrogen-bond acceptors (Lipinski definition) is 2. The molecule has 0 bridgehead atoms. The summed E-state index contributed by atoms with van der Waals surface area (Å²) in [5.74, 6) is 0. The highest BCUT2D eigenvalue weighted by atomic mass is 14.9. The van der Waals surface area contributed by atoms with Crippen LogP contribution in [0.2, 0.25) is 0 Å². The van der Waals surface area contributed by atoms with Crippen molar-refractivity contribution in [2.45, 2.75) is 26.9 Å². The summed E-state index contributed by atoms with van der Waals surface area (Å²) in [6, 6.07) is 20.7. The van der Waals surface area contributed by atoms with Crippen LogP contribution in [0.4, 0.5) is 0 Å². The second kappa shape index (κ2) is 8.05. The Morgan fingerprint density at radius 1 is 0.905 bits per heavy atom. The smallest absolute Gasteiger partial charge is 0.0642 e. The molecule has 108 valence electrons. The van der Waals surface area contributed by atoms with Crippen LogP contribution < -0.4 is 5.32 Å². The lowest BCUT2D eigenvalue weighted by Crippen LogP contribution is -2.11. The molecule has 0 spiro atoms. The van der Waals surface area contributed by atoms with Crippen LogP contribution in [0.5, 0.6) is 0 Å². The van der Waals surface area contributed by atoms with Crippen LogP contribution in [0.15, 0.2) is 77.4 Å². The zero-order chi connectivity index (χ0) is 14.9. The fourth-order valence-corrected chi connectivity index (χ4v) is 2.05. The summed E-state index contributed by atoms with van der Waals surface area (Å²) < 4.78 is 0. The quantitative estimate of drug-likeness (QED) is 0.781. The van der Waals surface area contributed by atoms with Crippen LogP contribution in [-0.2, 0) is 13.1 Å². The largest absolute Gasteiger partial charge is 0.384 e. The fraction of sp³-hybridized carbons (Fsp3) is 0.211. The Balaban J connectivity index is 1.86. The summed E-state index contributed by atoms with van der Waals surface area (Å²) in [5, 5.41) is 3.41. The third-order valence-electron chi connectivity index (χ3n) is 3.19. The van der Waals surface area contributed by atoms with Crippen molar-refractivity contribution < 1.29 is 0 Å². The highest BCUT2D eigenvalue weighted by Crippen LogP contribution is 2.02. The number of rotatable bonds is 6. The first kappa shape index (κ1) is 15.0. The molecule has 0 saturated heterocycles. The lowest BCUT2D eigenvalue weighted by atomic mass is 10.2. The summed E-state index contributed by atoms with van der Waals surface area (Å²) in [7, 11) is 0. The molecule has 0 heterocycles. The van der Waals surface area contributed by atoms with Crippen LogP contribution in [0.3, 0.4) is 0 Å². The Morgan fingerprint density at radius 3 is 2.10 bits per heavy atom. The van der Waals surface area contributed by atoms with E-state index in [-0.39, 0.29) is 0 Å². The maximum atomic E-state index is 4.59. The molecule has 2 heteroatoms. The predicted molar refractivity (Wildman–Crippen MR) is 90.3 cm³/mol. The molecule has 0 atom stereocenters. The van der Waals surface area contributed by atoms with E-state index in [0.29, 0.717) is 0 Å². The van der Waals surface area contributed by atoms with Gasteiger partial charge in [0.15, 0.2) is 0 Å².